The third-order valence-corrected chi connectivity index (χ3v) is 12.0. The molecule has 0 aliphatic heterocycles. The first-order valence-corrected chi connectivity index (χ1v) is 30.3. The Labute approximate surface area is 497 Å². The van der Waals surface area contributed by atoms with Crippen LogP contribution in [-0.2, 0) is 19.5 Å². The summed E-state index contributed by atoms with van der Waals surface area (Å²) in [6.45, 7) is 6.44. The van der Waals surface area contributed by atoms with E-state index in [-0.39, 0.29) is 19.5 Å². The minimum Gasteiger partial charge on any atom is 2.00 e. The Morgan fingerprint density at radius 3 is 0.753 bits per heavy atom. The topological polar surface area (TPSA) is 83.8 Å². The van der Waals surface area contributed by atoms with Crippen LogP contribution < -0.4 is 9.80 Å². The fourth-order valence-corrected chi connectivity index (χ4v) is 8.31. The van der Waals surface area contributed by atoms with Gasteiger partial charge in [0.05, 0.1) is 45.6 Å². The summed E-state index contributed by atoms with van der Waals surface area (Å²) < 4.78 is 118. The van der Waals surface area contributed by atoms with Gasteiger partial charge in [-0.1, -0.05) is 112 Å². The van der Waals surface area contributed by atoms with Crippen LogP contribution in [0.4, 0.5) is 73.1 Å². The first kappa shape index (κ1) is 66.2. The van der Waals surface area contributed by atoms with E-state index >= 15 is 0 Å². The van der Waals surface area contributed by atoms with Crippen LogP contribution in [0.2, 0.25) is 0 Å². The Kier molecular flexibility index (Phi) is 21.0. The van der Waals surface area contributed by atoms with Crippen LogP contribution in [0.1, 0.15) is 39.5 Å². The van der Waals surface area contributed by atoms with Crippen LogP contribution in [0, 0.1) is 0 Å². The fraction of sp³-hybridized carbons (Fsp3) is 0.129. The molecule has 10 aromatic rings. The van der Waals surface area contributed by atoms with Gasteiger partial charge < -0.3 is 9.80 Å². The zero-order valence-electron chi connectivity index (χ0n) is 45.5. The molecule has 6 aromatic heterocycles. The smallest absolute Gasteiger partial charge is 2.00 e. The van der Waals surface area contributed by atoms with Crippen LogP contribution in [0.5, 0.6) is 0 Å². The van der Waals surface area contributed by atoms with Crippen molar-refractivity contribution in [2.24, 2.45) is 0 Å². The molecular formula is C62H56F12N8P2Ru. The van der Waals surface area contributed by atoms with Crippen LogP contribution in [0.25, 0.3) is 67.8 Å². The van der Waals surface area contributed by atoms with Crippen molar-refractivity contribution in [1.29, 1.82) is 0 Å². The van der Waals surface area contributed by atoms with Crippen molar-refractivity contribution in [3.8, 4) is 67.8 Å². The fourth-order valence-electron chi connectivity index (χ4n) is 8.31. The summed E-state index contributed by atoms with van der Waals surface area (Å²) in [6, 6.07) is 70.8. The van der Waals surface area contributed by atoms with E-state index in [1.165, 1.54) is 22.7 Å². The monoisotopic (exact) mass is 1300 g/mol. The van der Waals surface area contributed by atoms with Crippen molar-refractivity contribution in [1.82, 2.24) is 29.9 Å². The quantitative estimate of drug-likeness (QED) is 0.0537. The molecule has 446 valence electrons. The predicted molar refractivity (Wildman–Crippen MR) is 316 cm³/mol. The van der Waals surface area contributed by atoms with Gasteiger partial charge in [-0.05, 0) is 156 Å². The van der Waals surface area contributed by atoms with Crippen molar-refractivity contribution in [3.05, 3.63) is 231 Å². The van der Waals surface area contributed by atoms with Gasteiger partial charge in [-0.15, -0.1) is 0 Å². The molecule has 0 aliphatic rings. The third kappa shape index (κ3) is 23.9. The number of pyridine rings is 6. The summed E-state index contributed by atoms with van der Waals surface area (Å²) in [5, 5.41) is 0. The maximum atomic E-state index is 9.87. The van der Waals surface area contributed by atoms with E-state index in [4.69, 9.17) is 9.97 Å². The molecule has 0 unspecified atom stereocenters. The number of anilines is 4. The summed E-state index contributed by atoms with van der Waals surface area (Å²) in [6.07, 6.45) is 11.8. The van der Waals surface area contributed by atoms with E-state index in [2.05, 4.69) is 177 Å². The average Bonchev–Trinajstić information content (AvgIpc) is 2.95. The standard InChI is InChI=1S/2C31H28N4.2F6P.Ru/c2*1-2-3-21-35(26-11-5-4-6-12-26)27-17-15-24(16-18-27)25-22-30(28-13-7-9-19-32-28)34-31(23-25)29-14-8-10-20-33-29;2*1-7(2,3,4,5)6;/h2*4-20,22-23H,2-3,21H2,1H3;;;/q;;2*-1;+2. The van der Waals surface area contributed by atoms with Gasteiger partial charge in [-0.2, -0.15) is 0 Å². The van der Waals surface area contributed by atoms with Gasteiger partial charge in [0.2, 0.25) is 0 Å². The minimum atomic E-state index is -10.7. The number of nitrogens with zero attached hydrogens (tertiary/aromatic N) is 8. The second-order valence-corrected chi connectivity index (χ2v) is 22.6. The number of rotatable bonds is 16. The van der Waals surface area contributed by atoms with Gasteiger partial charge in [0.25, 0.3) is 0 Å². The molecule has 23 heteroatoms. The SMILES string of the molecule is CCCCN(c1ccccc1)c1ccc(-c2cc(-c3ccccn3)nc(-c3ccccn3)c2)cc1.CCCCN(c1ccccc1)c1ccc(-c2cc(-c3ccccn3)nc(-c3ccccn3)c2)cc1.F[P-](F)(F)(F)(F)F.F[P-](F)(F)(F)(F)F.[Ru+2]. The summed E-state index contributed by atoms with van der Waals surface area (Å²) in [7, 11) is -21.3. The van der Waals surface area contributed by atoms with E-state index in [9.17, 15) is 50.4 Å². The van der Waals surface area contributed by atoms with Crippen LogP contribution in [-0.4, -0.2) is 43.0 Å². The molecule has 6 heterocycles. The van der Waals surface area contributed by atoms with Crippen molar-refractivity contribution >= 4 is 38.4 Å². The van der Waals surface area contributed by atoms with E-state index < -0.39 is 15.6 Å². The van der Waals surface area contributed by atoms with Crippen molar-refractivity contribution in [2.75, 3.05) is 22.9 Å². The molecular weight excluding hydrogens is 1250 g/mol. The molecule has 10 rings (SSSR count). The van der Waals surface area contributed by atoms with Crippen molar-refractivity contribution in [2.45, 2.75) is 39.5 Å². The number of halogens is 12. The number of aromatic nitrogens is 6. The second kappa shape index (κ2) is 26.9. The predicted octanol–water partition coefficient (Wildman–Crippen LogP) is 22.4. The Bertz CT molecular complexity index is 3290. The first-order chi connectivity index (χ1) is 39.5. The number of para-hydroxylation sites is 2. The van der Waals surface area contributed by atoms with Gasteiger partial charge in [-0.3, -0.25) is 19.9 Å². The van der Waals surface area contributed by atoms with Gasteiger partial charge >= 0.3 is 85.5 Å². The molecule has 85 heavy (non-hydrogen) atoms. The Balaban J connectivity index is 0.000000220. The van der Waals surface area contributed by atoms with Gasteiger partial charge in [0.1, 0.15) is 0 Å². The Morgan fingerprint density at radius 1 is 0.294 bits per heavy atom. The third-order valence-electron chi connectivity index (χ3n) is 12.0. The van der Waals surface area contributed by atoms with E-state index in [0.29, 0.717) is 0 Å². The molecule has 0 saturated carbocycles. The zero-order chi connectivity index (χ0) is 60.6. The molecule has 4 aromatic carbocycles. The van der Waals surface area contributed by atoms with Crippen molar-refractivity contribution < 1.29 is 69.8 Å². The largest absolute Gasteiger partial charge is 2.00 e. The molecule has 0 atom stereocenters. The first-order valence-electron chi connectivity index (χ1n) is 26.2. The van der Waals surface area contributed by atoms with E-state index in [1.54, 1.807) is 24.8 Å². The molecule has 0 amide bonds. The maximum Gasteiger partial charge on any atom is 2.00 e. The van der Waals surface area contributed by atoms with Crippen LogP contribution in [0.3, 0.4) is 0 Å². The molecule has 0 aliphatic carbocycles. The number of benzene rings is 4. The second-order valence-electron chi connectivity index (χ2n) is 18.8. The normalized spacial score (nSPS) is 12.7. The van der Waals surface area contributed by atoms with Gasteiger partial charge in [0, 0.05) is 60.6 Å². The average molecular weight is 1300 g/mol. The molecule has 8 nitrogen and oxygen atoms in total. The Morgan fingerprint density at radius 2 is 0.529 bits per heavy atom. The molecule has 0 fully saturated rings. The summed E-state index contributed by atoms with van der Waals surface area (Å²) in [4.78, 5) is 32.7. The van der Waals surface area contributed by atoms with Crippen LogP contribution in [0.15, 0.2) is 231 Å². The Hall–Kier alpha value is -7.98. The molecule has 0 bridgehead atoms. The number of hydrogen-bond acceptors (Lipinski definition) is 8. The van der Waals surface area contributed by atoms with Crippen LogP contribution >= 0.6 is 15.6 Å². The molecule has 0 radical (unpaired) electrons. The van der Waals surface area contributed by atoms with Gasteiger partial charge in [-0.25, -0.2) is 9.97 Å². The van der Waals surface area contributed by atoms with E-state index in [0.717, 1.165) is 107 Å². The summed E-state index contributed by atoms with van der Waals surface area (Å²) in [5.74, 6) is 0. The number of hydrogen-bond donors (Lipinski definition) is 0. The molecule has 0 N–H and O–H groups in total. The summed E-state index contributed by atoms with van der Waals surface area (Å²) >= 11 is 0. The minimum absolute atomic E-state index is 0. The maximum absolute atomic E-state index is 10.7. The number of unbranched alkanes of at least 4 members (excludes halogenated alkanes) is 2. The zero-order valence-corrected chi connectivity index (χ0v) is 49.1. The van der Waals surface area contributed by atoms with Gasteiger partial charge in [0.15, 0.2) is 0 Å². The molecule has 0 spiro atoms. The summed E-state index contributed by atoms with van der Waals surface area (Å²) in [5.41, 5.74) is 16.0. The van der Waals surface area contributed by atoms with E-state index in [1.807, 2.05) is 72.8 Å². The van der Waals surface area contributed by atoms with Crippen molar-refractivity contribution in [3.63, 3.8) is 0 Å². The molecule has 0 saturated heterocycles.